The van der Waals surface area contributed by atoms with Crippen molar-refractivity contribution in [3.63, 3.8) is 0 Å². The zero-order chi connectivity index (χ0) is 14.5. The Labute approximate surface area is 115 Å². The number of aromatic nitrogens is 1. The molecular weight excluding hydrogens is 264 g/mol. The number of hydrogen-bond acceptors (Lipinski definition) is 5. The van der Waals surface area contributed by atoms with Gasteiger partial charge in [-0.15, -0.1) is 0 Å². The molecule has 1 aromatic rings. The van der Waals surface area contributed by atoms with E-state index in [0.717, 1.165) is 11.4 Å². The molecule has 0 spiro atoms. The van der Waals surface area contributed by atoms with E-state index >= 15 is 0 Å². The molecule has 1 rings (SSSR count). The van der Waals surface area contributed by atoms with Crippen LogP contribution in [0.4, 0.5) is 0 Å². The molecule has 1 aromatic heterocycles. The van der Waals surface area contributed by atoms with Gasteiger partial charge in [0.05, 0.1) is 11.4 Å². The van der Waals surface area contributed by atoms with Gasteiger partial charge in [-0.25, -0.2) is 8.42 Å². The van der Waals surface area contributed by atoms with Gasteiger partial charge in [0.25, 0.3) is 0 Å². The van der Waals surface area contributed by atoms with Gasteiger partial charge in [-0.3, -0.25) is 4.98 Å². The molecule has 1 heterocycles. The SMILES string of the molecule is Cc1ccc(OCCS(C)(=O)=O)c(CNC(C)C)n1. The summed E-state index contributed by atoms with van der Waals surface area (Å²) in [6.07, 6.45) is 1.20. The highest BCUT2D eigenvalue weighted by atomic mass is 32.2. The van der Waals surface area contributed by atoms with E-state index < -0.39 is 9.84 Å². The van der Waals surface area contributed by atoms with Crippen molar-refractivity contribution in [1.82, 2.24) is 10.3 Å². The lowest BCUT2D eigenvalue weighted by Crippen LogP contribution is -2.23. The monoisotopic (exact) mass is 286 g/mol. The standard InChI is InChI=1S/C13H22N2O3S/c1-10(2)14-9-12-13(6-5-11(3)15-12)18-7-8-19(4,16)17/h5-6,10,14H,7-9H2,1-4H3. The minimum absolute atomic E-state index is 0.0118. The second-order valence-electron chi connectivity index (χ2n) is 4.91. The predicted molar refractivity (Wildman–Crippen MR) is 76.2 cm³/mol. The molecule has 0 aliphatic rings. The van der Waals surface area contributed by atoms with Crippen LogP contribution in [0.1, 0.15) is 25.2 Å². The number of hydrogen-bond donors (Lipinski definition) is 1. The Morgan fingerprint density at radius 1 is 1.37 bits per heavy atom. The first kappa shape index (κ1) is 15.9. The van der Waals surface area contributed by atoms with Gasteiger partial charge in [0, 0.05) is 24.5 Å². The number of aryl methyl sites for hydroxylation is 1. The largest absolute Gasteiger partial charge is 0.491 e. The normalized spacial score (nSPS) is 11.8. The van der Waals surface area contributed by atoms with Crippen molar-refractivity contribution in [2.45, 2.75) is 33.4 Å². The third-order valence-corrected chi connectivity index (χ3v) is 3.37. The third-order valence-electron chi connectivity index (χ3n) is 2.46. The minimum atomic E-state index is -3.00. The number of nitrogens with zero attached hydrogens (tertiary/aromatic N) is 1. The maximum absolute atomic E-state index is 11.1. The smallest absolute Gasteiger partial charge is 0.150 e. The second-order valence-corrected chi connectivity index (χ2v) is 7.17. The second kappa shape index (κ2) is 6.86. The summed E-state index contributed by atoms with van der Waals surface area (Å²) in [5.74, 6) is 0.653. The molecule has 0 saturated heterocycles. The first-order valence-corrected chi connectivity index (χ1v) is 8.34. The maximum atomic E-state index is 11.1. The Morgan fingerprint density at radius 3 is 2.63 bits per heavy atom. The molecule has 5 nitrogen and oxygen atoms in total. The molecule has 0 atom stereocenters. The Bertz CT molecular complexity index is 513. The highest BCUT2D eigenvalue weighted by Gasteiger charge is 2.08. The number of sulfone groups is 1. The average Bonchev–Trinajstić information content (AvgIpc) is 2.27. The lowest BCUT2D eigenvalue weighted by Gasteiger charge is -2.13. The summed E-state index contributed by atoms with van der Waals surface area (Å²) in [5, 5.41) is 3.28. The van der Waals surface area contributed by atoms with Crippen LogP contribution in [0.15, 0.2) is 12.1 Å². The first-order valence-electron chi connectivity index (χ1n) is 6.28. The summed E-state index contributed by atoms with van der Waals surface area (Å²) in [4.78, 5) is 4.42. The number of nitrogens with one attached hydrogen (secondary N) is 1. The van der Waals surface area contributed by atoms with E-state index in [1.807, 2.05) is 19.1 Å². The minimum Gasteiger partial charge on any atom is -0.491 e. The van der Waals surface area contributed by atoms with E-state index in [1.54, 1.807) is 0 Å². The summed E-state index contributed by atoms with van der Waals surface area (Å²) in [7, 11) is -3.00. The van der Waals surface area contributed by atoms with E-state index in [0.29, 0.717) is 18.3 Å². The van der Waals surface area contributed by atoms with Crippen molar-refractivity contribution < 1.29 is 13.2 Å². The van der Waals surface area contributed by atoms with Gasteiger partial charge in [-0.1, -0.05) is 13.8 Å². The van der Waals surface area contributed by atoms with Gasteiger partial charge in [-0.05, 0) is 19.1 Å². The Morgan fingerprint density at radius 2 is 2.05 bits per heavy atom. The van der Waals surface area contributed by atoms with Gasteiger partial charge in [-0.2, -0.15) is 0 Å². The Kier molecular flexibility index (Phi) is 5.75. The number of rotatable bonds is 7. The Hall–Kier alpha value is -1.14. The molecule has 6 heteroatoms. The predicted octanol–water partition coefficient (Wildman–Crippen LogP) is 1.31. The molecular formula is C13H22N2O3S. The zero-order valence-electron chi connectivity index (χ0n) is 11.9. The zero-order valence-corrected chi connectivity index (χ0v) is 12.8. The molecule has 0 radical (unpaired) electrons. The van der Waals surface area contributed by atoms with E-state index in [4.69, 9.17) is 4.74 Å². The average molecular weight is 286 g/mol. The molecule has 0 saturated carbocycles. The van der Waals surface area contributed by atoms with Crippen molar-refractivity contribution in [2.75, 3.05) is 18.6 Å². The highest BCUT2D eigenvalue weighted by molar-refractivity contribution is 7.90. The van der Waals surface area contributed by atoms with Crippen molar-refractivity contribution in [3.05, 3.63) is 23.5 Å². The summed E-state index contributed by atoms with van der Waals surface area (Å²) >= 11 is 0. The lowest BCUT2D eigenvalue weighted by molar-refractivity contribution is 0.333. The maximum Gasteiger partial charge on any atom is 0.150 e. The molecule has 1 N–H and O–H groups in total. The van der Waals surface area contributed by atoms with Crippen molar-refractivity contribution in [2.24, 2.45) is 0 Å². The van der Waals surface area contributed by atoms with Crippen molar-refractivity contribution in [3.8, 4) is 5.75 Å². The van der Waals surface area contributed by atoms with E-state index in [2.05, 4.69) is 24.1 Å². The van der Waals surface area contributed by atoms with Gasteiger partial charge in [0.1, 0.15) is 12.4 Å². The van der Waals surface area contributed by atoms with E-state index in [-0.39, 0.29) is 12.4 Å². The van der Waals surface area contributed by atoms with Crippen LogP contribution >= 0.6 is 0 Å². The Balaban J connectivity index is 2.70. The van der Waals surface area contributed by atoms with Crippen molar-refractivity contribution in [1.29, 1.82) is 0 Å². The van der Waals surface area contributed by atoms with Crippen LogP contribution < -0.4 is 10.1 Å². The third kappa shape index (κ3) is 6.54. The van der Waals surface area contributed by atoms with Gasteiger partial charge < -0.3 is 10.1 Å². The fourth-order valence-electron chi connectivity index (χ4n) is 1.46. The van der Waals surface area contributed by atoms with Gasteiger partial charge >= 0.3 is 0 Å². The topological polar surface area (TPSA) is 68.3 Å². The molecule has 0 aliphatic carbocycles. The molecule has 0 aromatic carbocycles. The van der Waals surface area contributed by atoms with Crippen LogP contribution in [0, 0.1) is 6.92 Å². The summed E-state index contributed by atoms with van der Waals surface area (Å²) in [6, 6.07) is 4.04. The van der Waals surface area contributed by atoms with Crippen molar-refractivity contribution >= 4 is 9.84 Å². The summed E-state index contributed by atoms with van der Waals surface area (Å²) in [6.45, 7) is 6.78. The van der Waals surface area contributed by atoms with Crippen LogP contribution in [0.25, 0.3) is 0 Å². The quantitative estimate of drug-likeness (QED) is 0.818. The number of pyridine rings is 1. The molecule has 0 aliphatic heterocycles. The van der Waals surface area contributed by atoms with Crippen LogP contribution in [-0.2, 0) is 16.4 Å². The molecule has 0 bridgehead atoms. The fourth-order valence-corrected chi connectivity index (χ4v) is 1.85. The van der Waals surface area contributed by atoms with Gasteiger partial charge in [0.2, 0.25) is 0 Å². The summed E-state index contributed by atoms with van der Waals surface area (Å²) < 4.78 is 27.7. The number of ether oxygens (including phenoxy) is 1. The van der Waals surface area contributed by atoms with E-state index in [9.17, 15) is 8.42 Å². The van der Waals surface area contributed by atoms with Crippen LogP contribution in [0.5, 0.6) is 5.75 Å². The lowest BCUT2D eigenvalue weighted by atomic mass is 10.2. The molecule has 0 amide bonds. The highest BCUT2D eigenvalue weighted by Crippen LogP contribution is 2.17. The first-order chi connectivity index (χ1) is 8.78. The van der Waals surface area contributed by atoms with Crippen LogP contribution in [-0.4, -0.2) is 38.1 Å². The van der Waals surface area contributed by atoms with E-state index in [1.165, 1.54) is 6.26 Å². The summed E-state index contributed by atoms with van der Waals surface area (Å²) in [5.41, 5.74) is 1.72. The molecule has 0 unspecified atom stereocenters. The van der Waals surface area contributed by atoms with Gasteiger partial charge in [0.15, 0.2) is 9.84 Å². The fraction of sp³-hybridized carbons (Fsp3) is 0.615. The molecule has 108 valence electrons. The molecule has 19 heavy (non-hydrogen) atoms. The van der Waals surface area contributed by atoms with Crippen LogP contribution in [0.2, 0.25) is 0 Å². The van der Waals surface area contributed by atoms with Crippen LogP contribution in [0.3, 0.4) is 0 Å². The molecule has 0 fully saturated rings.